The third-order valence-corrected chi connectivity index (χ3v) is 4.41. The van der Waals surface area contributed by atoms with E-state index in [2.05, 4.69) is 10.6 Å². The number of rotatable bonds is 5. The lowest BCUT2D eigenvalue weighted by atomic mass is 10.1. The number of hydrogen-bond donors (Lipinski definition) is 3. The summed E-state index contributed by atoms with van der Waals surface area (Å²) in [7, 11) is 0. The molecule has 1 aliphatic rings. The molecule has 0 saturated heterocycles. The number of benzene rings is 2. The first-order valence-electron chi connectivity index (χ1n) is 8.14. The molecule has 2 aromatic rings. The Balaban J connectivity index is 1.64. The molecular weight excluding hydrogens is 340 g/mol. The maximum Gasteiger partial charge on any atom is 0.255 e. The van der Waals surface area contributed by atoms with Crippen LogP contribution >= 0.6 is 11.6 Å². The van der Waals surface area contributed by atoms with Crippen molar-refractivity contribution in [2.75, 3.05) is 5.32 Å². The molecule has 1 fully saturated rings. The van der Waals surface area contributed by atoms with E-state index < -0.39 is 5.91 Å². The first kappa shape index (κ1) is 17.3. The van der Waals surface area contributed by atoms with E-state index in [1.165, 1.54) is 18.2 Å². The van der Waals surface area contributed by atoms with Crippen molar-refractivity contribution in [2.45, 2.75) is 25.8 Å². The lowest BCUT2D eigenvalue weighted by Gasteiger charge is -2.16. The smallest absolute Gasteiger partial charge is 0.255 e. The SMILES string of the molecule is CC(NC(=O)c1cc(Cl)ccc1O)c1ccc(NC(=O)C2CC2)cc1. The minimum Gasteiger partial charge on any atom is -0.507 e. The van der Waals surface area contributed by atoms with Crippen LogP contribution in [-0.2, 0) is 4.79 Å². The van der Waals surface area contributed by atoms with Crippen LogP contribution in [0.3, 0.4) is 0 Å². The largest absolute Gasteiger partial charge is 0.507 e. The van der Waals surface area contributed by atoms with Gasteiger partial charge in [0.2, 0.25) is 5.91 Å². The van der Waals surface area contributed by atoms with Gasteiger partial charge >= 0.3 is 0 Å². The Bertz CT molecular complexity index is 801. The number of halogens is 1. The number of phenols is 1. The zero-order valence-corrected chi connectivity index (χ0v) is 14.5. The highest BCUT2D eigenvalue weighted by Crippen LogP contribution is 2.30. The number of carbonyl (C=O) groups is 2. The highest BCUT2D eigenvalue weighted by molar-refractivity contribution is 6.31. The fourth-order valence-corrected chi connectivity index (χ4v) is 2.66. The molecular formula is C19H19ClN2O3. The summed E-state index contributed by atoms with van der Waals surface area (Å²) in [6.45, 7) is 1.84. The highest BCUT2D eigenvalue weighted by Gasteiger charge is 2.29. The molecule has 0 bridgehead atoms. The monoisotopic (exact) mass is 358 g/mol. The summed E-state index contributed by atoms with van der Waals surface area (Å²) in [5.74, 6) is -0.306. The predicted octanol–water partition coefficient (Wildman–Crippen LogP) is 3.89. The van der Waals surface area contributed by atoms with Gasteiger partial charge in [0.15, 0.2) is 0 Å². The summed E-state index contributed by atoms with van der Waals surface area (Å²) in [4.78, 5) is 24.1. The Kier molecular flexibility index (Phi) is 4.95. The van der Waals surface area contributed by atoms with E-state index in [4.69, 9.17) is 11.6 Å². The quantitative estimate of drug-likeness (QED) is 0.758. The van der Waals surface area contributed by atoms with Crippen molar-refractivity contribution >= 4 is 29.1 Å². The Labute approximate surface area is 151 Å². The lowest BCUT2D eigenvalue weighted by Crippen LogP contribution is -2.26. The van der Waals surface area contributed by atoms with Crippen LogP contribution in [0.15, 0.2) is 42.5 Å². The van der Waals surface area contributed by atoms with Crippen LogP contribution in [0.1, 0.15) is 41.7 Å². The summed E-state index contributed by atoms with van der Waals surface area (Å²) in [5, 5.41) is 15.9. The molecule has 5 nitrogen and oxygen atoms in total. The number of nitrogens with one attached hydrogen (secondary N) is 2. The molecule has 6 heteroatoms. The van der Waals surface area contributed by atoms with Crippen molar-refractivity contribution in [3.05, 3.63) is 58.6 Å². The highest BCUT2D eigenvalue weighted by atomic mass is 35.5. The van der Waals surface area contributed by atoms with Crippen LogP contribution < -0.4 is 10.6 Å². The van der Waals surface area contributed by atoms with E-state index in [-0.39, 0.29) is 29.2 Å². The van der Waals surface area contributed by atoms with Gasteiger partial charge in [-0.2, -0.15) is 0 Å². The third-order valence-electron chi connectivity index (χ3n) is 4.18. The maximum absolute atomic E-state index is 12.3. The van der Waals surface area contributed by atoms with Crippen LogP contribution in [0, 0.1) is 5.92 Å². The zero-order valence-electron chi connectivity index (χ0n) is 13.8. The first-order valence-corrected chi connectivity index (χ1v) is 8.52. The molecule has 0 aliphatic heterocycles. The number of anilines is 1. The van der Waals surface area contributed by atoms with Gasteiger partial charge in [-0.3, -0.25) is 9.59 Å². The minimum absolute atomic E-state index is 0.0607. The van der Waals surface area contributed by atoms with Gasteiger partial charge in [0, 0.05) is 16.6 Å². The molecule has 1 unspecified atom stereocenters. The molecule has 25 heavy (non-hydrogen) atoms. The normalized spacial score (nSPS) is 14.6. The van der Waals surface area contributed by atoms with Gasteiger partial charge in [0.25, 0.3) is 5.91 Å². The van der Waals surface area contributed by atoms with E-state index in [0.717, 1.165) is 24.1 Å². The maximum atomic E-state index is 12.3. The molecule has 0 spiro atoms. The van der Waals surface area contributed by atoms with Gasteiger partial charge in [-0.05, 0) is 55.7 Å². The third kappa shape index (κ3) is 4.31. The van der Waals surface area contributed by atoms with Gasteiger partial charge in [-0.1, -0.05) is 23.7 Å². The average Bonchev–Trinajstić information content (AvgIpc) is 3.42. The first-order chi connectivity index (χ1) is 11.9. The van der Waals surface area contributed by atoms with Gasteiger partial charge in [-0.25, -0.2) is 0 Å². The van der Waals surface area contributed by atoms with E-state index in [1.54, 1.807) is 0 Å². The molecule has 3 N–H and O–H groups in total. The van der Waals surface area contributed by atoms with Crippen molar-refractivity contribution in [3.63, 3.8) is 0 Å². The second kappa shape index (κ2) is 7.15. The van der Waals surface area contributed by atoms with Gasteiger partial charge in [0.05, 0.1) is 11.6 Å². The molecule has 0 aromatic heterocycles. The van der Waals surface area contributed by atoms with Gasteiger partial charge < -0.3 is 15.7 Å². The summed E-state index contributed by atoms with van der Waals surface area (Å²) >= 11 is 5.87. The molecule has 0 radical (unpaired) electrons. The van der Waals surface area contributed by atoms with Gasteiger partial charge in [-0.15, -0.1) is 0 Å². The molecule has 130 valence electrons. The van der Waals surface area contributed by atoms with Gasteiger partial charge in [0.1, 0.15) is 5.75 Å². The topological polar surface area (TPSA) is 78.4 Å². The molecule has 0 heterocycles. The molecule has 1 aliphatic carbocycles. The van der Waals surface area contributed by atoms with Crippen LogP contribution in [0.2, 0.25) is 5.02 Å². The fourth-order valence-electron chi connectivity index (χ4n) is 2.49. The summed E-state index contributed by atoms with van der Waals surface area (Å²) in [5.41, 5.74) is 1.76. The molecule has 1 atom stereocenters. The fraction of sp³-hybridized carbons (Fsp3) is 0.263. The number of carbonyl (C=O) groups excluding carboxylic acids is 2. The number of aromatic hydroxyl groups is 1. The summed E-state index contributed by atoms with van der Waals surface area (Å²) in [6.07, 6.45) is 1.92. The Morgan fingerprint density at radius 1 is 1.16 bits per heavy atom. The van der Waals surface area contributed by atoms with Crippen molar-refractivity contribution in [1.82, 2.24) is 5.32 Å². The van der Waals surface area contributed by atoms with Crippen molar-refractivity contribution in [1.29, 1.82) is 0 Å². The number of hydrogen-bond acceptors (Lipinski definition) is 3. The van der Waals surface area contributed by atoms with Crippen LogP contribution in [-0.4, -0.2) is 16.9 Å². The average molecular weight is 359 g/mol. The number of amides is 2. The second-order valence-electron chi connectivity index (χ2n) is 6.24. The van der Waals surface area contributed by atoms with Crippen LogP contribution in [0.4, 0.5) is 5.69 Å². The standard InChI is InChI=1S/C19H19ClN2O3/c1-11(21-19(25)16-10-14(20)6-9-17(16)23)12-4-7-15(8-5-12)22-18(24)13-2-3-13/h4-11,13,23H,2-3H2,1H3,(H,21,25)(H,22,24). The molecule has 2 aromatic carbocycles. The van der Waals surface area contributed by atoms with Crippen molar-refractivity contribution < 1.29 is 14.7 Å². The van der Waals surface area contributed by atoms with Crippen LogP contribution in [0.25, 0.3) is 0 Å². The van der Waals surface area contributed by atoms with E-state index in [9.17, 15) is 14.7 Å². The van der Waals surface area contributed by atoms with Crippen molar-refractivity contribution in [2.24, 2.45) is 5.92 Å². The number of phenolic OH excluding ortho intramolecular Hbond substituents is 1. The molecule has 3 rings (SSSR count). The Morgan fingerprint density at radius 3 is 2.48 bits per heavy atom. The molecule has 1 saturated carbocycles. The summed E-state index contributed by atoms with van der Waals surface area (Å²) < 4.78 is 0. The van der Waals surface area contributed by atoms with E-state index in [0.29, 0.717) is 5.02 Å². The zero-order chi connectivity index (χ0) is 18.0. The lowest BCUT2D eigenvalue weighted by molar-refractivity contribution is -0.117. The Morgan fingerprint density at radius 2 is 1.84 bits per heavy atom. The van der Waals surface area contributed by atoms with Crippen LogP contribution in [0.5, 0.6) is 5.75 Å². The van der Waals surface area contributed by atoms with E-state index in [1.807, 2.05) is 31.2 Å². The second-order valence-corrected chi connectivity index (χ2v) is 6.68. The molecule has 2 amide bonds. The van der Waals surface area contributed by atoms with Crippen molar-refractivity contribution in [3.8, 4) is 5.75 Å². The minimum atomic E-state index is -0.404. The Hall–Kier alpha value is -2.53. The summed E-state index contributed by atoms with van der Waals surface area (Å²) in [6, 6.07) is 11.4. The van der Waals surface area contributed by atoms with E-state index >= 15 is 0 Å². The predicted molar refractivity (Wildman–Crippen MR) is 96.8 cm³/mol.